The quantitative estimate of drug-likeness (QED) is 0.911. The molecule has 6 heteroatoms. The minimum Gasteiger partial charge on any atom is -0.497 e. The maximum atomic E-state index is 10.9. The number of hydrogen-bond donors (Lipinski definition) is 1. The largest absolute Gasteiger partial charge is 0.497 e. The Bertz CT molecular complexity index is 466. The van der Waals surface area contributed by atoms with Gasteiger partial charge in [0.15, 0.2) is 6.10 Å². The number of ether oxygens (including phenoxy) is 2. The van der Waals surface area contributed by atoms with E-state index < -0.39 is 12.1 Å². The zero-order valence-corrected chi connectivity index (χ0v) is 12.2. The Hall–Kier alpha value is -1.11. The molecule has 1 fully saturated rings. The number of hydrogen-bond acceptors (Lipinski definition) is 4. The molecule has 0 radical (unpaired) electrons. The van der Waals surface area contributed by atoms with E-state index in [1.165, 1.54) is 0 Å². The first-order valence-electron chi connectivity index (χ1n) is 5.99. The highest BCUT2D eigenvalue weighted by atomic mass is 79.9. The van der Waals surface area contributed by atoms with E-state index >= 15 is 0 Å². The second-order valence-electron chi connectivity index (χ2n) is 4.39. The van der Waals surface area contributed by atoms with Crippen LogP contribution < -0.4 is 4.74 Å². The number of methoxy groups -OCH3 is 1. The maximum absolute atomic E-state index is 10.9. The number of aliphatic carboxylic acids is 1. The monoisotopic (exact) mass is 329 g/mol. The molecule has 1 N–H and O–H groups in total. The lowest BCUT2D eigenvalue weighted by atomic mass is 10.2. The summed E-state index contributed by atoms with van der Waals surface area (Å²) in [7, 11) is 1.63. The molecule has 0 aliphatic carbocycles. The Kier molecular flexibility index (Phi) is 4.79. The molecule has 1 aromatic rings. The van der Waals surface area contributed by atoms with E-state index in [-0.39, 0.29) is 0 Å². The molecule has 0 bridgehead atoms. The number of carbonyl (C=O) groups is 1. The molecule has 1 heterocycles. The number of carboxylic acids is 1. The second kappa shape index (κ2) is 6.36. The summed E-state index contributed by atoms with van der Waals surface area (Å²) in [6, 6.07) is 5.79. The van der Waals surface area contributed by atoms with Gasteiger partial charge in [0, 0.05) is 24.1 Å². The highest BCUT2D eigenvalue weighted by Crippen LogP contribution is 2.24. The average molecular weight is 330 g/mol. The highest BCUT2D eigenvalue weighted by molar-refractivity contribution is 9.10. The van der Waals surface area contributed by atoms with Crippen LogP contribution in [-0.4, -0.2) is 48.9 Å². The van der Waals surface area contributed by atoms with E-state index in [1.807, 2.05) is 18.2 Å². The first-order chi connectivity index (χ1) is 9.10. The Morgan fingerprint density at radius 3 is 3.05 bits per heavy atom. The molecule has 0 saturated carbocycles. The lowest BCUT2D eigenvalue weighted by Gasteiger charge is -2.31. The van der Waals surface area contributed by atoms with Crippen molar-refractivity contribution in [3.63, 3.8) is 0 Å². The van der Waals surface area contributed by atoms with Gasteiger partial charge in [0.1, 0.15) is 5.75 Å². The summed E-state index contributed by atoms with van der Waals surface area (Å²) in [6.45, 7) is 2.29. The maximum Gasteiger partial charge on any atom is 0.334 e. The molecule has 0 aromatic heterocycles. The third-order valence-corrected chi connectivity index (χ3v) is 3.82. The SMILES string of the molecule is COc1ccc(CN2CCOC(C(=O)O)C2)c(Br)c1. The fourth-order valence-electron chi connectivity index (χ4n) is 2.02. The molecule has 1 saturated heterocycles. The fraction of sp³-hybridized carbons (Fsp3) is 0.462. The van der Waals surface area contributed by atoms with Crippen molar-refractivity contribution < 1.29 is 19.4 Å². The van der Waals surface area contributed by atoms with Crippen molar-refractivity contribution in [1.82, 2.24) is 4.90 Å². The van der Waals surface area contributed by atoms with Crippen LogP contribution in [0.4, 0.5) is 0 Å². The number of benzene rings is 1. The van der Waals surface area contributed by atoms with E-state index in [9.17, 15) is 4.79 Å². The van der Waals surface area contributed by atoms with E-state index in [0.717, 1.165) is 22.3 Å². The van der Waals surface area contributed by atoms with Crippen LogP contribution in [-0.2, 0) is 16.1 Å². The number of morpholine rings is 1. The van der Waals surface area contributed by atoms with E-state index in [4.69, 9.17) is 14.6 Å². The molecule has 0 spiro atoms. The third kappa shape index (κ3) is 3.68. The lowest BCUT2D eigenvalue weighted by Crippen LogP contribution is -2.45. The normalized spacial score (nSPS) is 20.2. The molecule has 2 rings (SSSR count). The number of carboxylic acid groups (broad SMARTS) is 1. The van der Waals surface area contributed by atoms with Crippen molar-refractivity contribution in [1.29, 1.82) is 0 Å². The van der Waals surface area contributed by atoms with Crippen LogP contribution >= 0.6 is 15.9 Å². The molecule has 1 aliphatic heterocycles. The summed E-state index contributed by atoms with van der Waals surface area (Å²) in [5.41, 5.74) is 1.10. The summed E-state index contributed by atoms with van der Waals surface area (Å²) in [4.78, 5) is 13.0. The smallest absolute Gasteiger partial charge is 0.334 e. The Labute approximate surface area is 120 Å². The van der Waals surface area contributed by atoms with Crippen LogP contribution in [0.2, 0.25) is 0 Å². The van der Waals surface area contributed by atoms with E-state index in [2.05, 4.69) is 20.8 Å². The minimum atomic E-state index is -0.904. The van der Waals surface area contributed by atoms with Gasteiger partial charge in [0.05, 0.1) is 13.7 Å². The molecule has 1 aliphatic rings. The van der Waals surface area contributed by atoms with Crippen LogP contribution in [0.15, 0.2) is 22.7 Å². The standard InChI is InChI=1S/C13H16BrNO4/c1-18-10-3-2-9(11(14)6-10)7-15-4-5-19-12(8-15)13(16)17/h2-3,6,12H,4-5,7-8H2,1H3,(H,16,17). The van der Waals surface area contributed by atoms with Gasteiger partial charge in [-0.1, -0.05) is 22.0 Å². The molecule has 104 valence electrons. The van der Waals surface area contributed by atoms with Crippen molar-refractivity contribution >= 4 is 21.9 Å². The van der Waals surface area contributed by atoms with Gasteiger partial charge in [-0.25, -0.2) is 4.79 Å². The topological polar surface area (TPSA) is 59.0 Å². The van der Waals surface area contributed by atoms with E-state index in [0.29, 0.717) is 19.7 Å². The van der Waals surface area contributed by atoms with Crippen molar-refractivity contribution in [3.8, 4) is 5.75 Å². The van der Waals surface area contributed by atoms with E-state index in [1.54, 1.807) is 7.11 Å². The van der Waals surface area contributed by atoms with Gasteiger partial charge in [-0.2, -0.15) is 0 Å². The van der Waals surface area contributed by atoms with Gasteiger partial charge in [-0.3, -0.25) is 4.90 Å². The Morgan fingerprint density at radius 2 is 2.42 bits per heavy atom. The number of halogens is 1. The zero-order chi connectivity index (χ0) is 13.8. The summed E-state index contributed by atoms with van der Waals surface area (Å²) in [5.74, 6) is -0.112. The van der Waals surface area contributed by atoms with Gasteiger partial charge in [-0.15, -0.1) is 0 Å². The van der Waals surface area contributed by atoms with Gasteiger partial charge in [0.25, 0.3) is 0 Å². The highest BCUT2D eigenvalue weighted by Gasteiger charge is 2.26. The van der Waals surface area contributed by atoms with Gasteiger partial charge in [0.2, 0.25) is 0 Å². The third-order valence-electron chi connectivity index (χ3n) is 3.08. The van der Waals surface area contributed by atoms with Crippen LogP contribution in [0.25, 0.3) is 0 Å². The number of nitrogens with zero attached hydrogens (tertiary/aromatic N) is 1. The van der Waals surface area contributed by atoms with Gasteiger partial charge < -0.3 is 14.6 Å². The van der Waals surface area contributed by atoms with Crippen molar-refractivity contribution in [2.24, 2.45) is 0 Å². The van der Waals surface area contributed by atoms with Crippen molar-refractivity contribution in [3.05, 3.63) is 28.2 Å². The number of rotatable bonds is 4. The Balaban J connectivity index is 2.02. The average Bonchev–Trinajstić information content (AvgIpc) is 2.41. The Morgan fingerprint density at radius 1 is 1.63 bits per heavy atom. The lowest BCUT2D eigenvalue weighted by molar-refractivity contribution is -0.156. The first-order valence-corrected chi connectivity index (χ1v) is 6.78. The van der Waals surface area contributed by atoms with Crippen molar-refractivity contribution in [2.45, 2.75) is 12.6 Å². The predicted octanol–water partition coefficient (Wildman–Crippen LogP) is 1.74. The van der Waals surface area contributed by atoms with Crippen LogP contribution in [0.1, 0.15) is 5.56 Å². The molecule has 1 atom stereocenters. The molecule has 1 aromatic carbocycles. The fourth-order valence-corrected chi connectivity index (χ4v) is 2.50. The van der Waals surface area contributed by atoms with Crippen LogP contribution in [0.3, 0.4) is 0 Å². The van der Waals surface area contributed by atoms with Gasteiger partial charge >= 0.3 is 5.97 Å². The van der Waals surface area contributed by atoms with Gasteiger partial charge in [-0.05, 0) is 17.7 Å². The van der Waals surface area contributed by atoms with Crippen LogP contribution in [0, 0.1) is 0 Å². The molecule has 0 amide bonds. The minimum absolute atomic E-state index is 0.411. The predicted molar refractivity (Wildman–Crippen MR) is 73.3 cm³/mol. The first kappa shape index (κ1) is 14.3. The summed E-state index contributed by atoms with van der Waals surface area (Å²) in [5, 5.41) is 8.97. The molecular weight excluding hydrogens is 314 g/mol. The van der Waals surface area contributed by atoms with Crippen molar-refractivity contribution in [2.75, 3.05) is 26.8 Å². The summed E-state index contributed by atoms with van der Waals surface area (Å²) >= 11 is 3.50. The molecule has 1 unspecified atom stereocenters. The van der Waals surface area contributed by atoms with Crippen LogP contribution in [0.5, 0.6) is 5.75 Å². The zero-order valence-electron chi connectivity index (χ0n) is 10.6. The second-order valence-corrected chi connectivity index (χ2v) is 5.24. The molecule has 19 heavy (non-hydrogen) atoms. The molecule has 5 nitrogen and oxygen atoms in total. The summed E-state index contributed by atoms with van der Waals surface area (Å²) in [6.07, 6.45) is -0.731. The molecular formula is C13H16BrNO4. The summed E-state index contributed by atoms with van der Waals surface area (Å²) < 4.78 is 11.3.